The molecule has 6 heteroatoms. The maximum atomic E-state index is 11.5. The smallest absolute Gasteiger partial charge is 0.408 e. The van der Waals surface area contributed by atoms with Gasteiger partial charge in [-0.1, -0.05) is 19.9 Å². The van der Waals surface area contributed by atoms with Gasteiger partial charge in [-0.25, -0.2) is 9.59 Å². The second-order valence-electron chi connectivity index (χ2n) is 4.56. The Labute approximate surface area is 111 Å². The molecule has 0 radical (unpaired) electrons. The Balaban J connectivity index is 2.42. The van der Waals surface area contributed by atoms with E-state index in [1.165, 1.54) is 0 Å². The van der Waals surface area contributed by atoms with Crippen molar-refractivity contribution < 1.29 is 19.4 Å². The number of hydrogen-bond donors (Lipinski definition) is 2. The van der Waals surface area contributed by atoms with E-state index >= 15 is 0 Å². The van der Waals surface area contributed by atoms with E-state index in [4.69, 9.17) is 9.84 Å². The maximum absolute atomic E-state index is 11.5. The summed E-state index contributed by atoms with van der Waals surface area (Å²) < 4.78 is 4.91. The Morgan fingerprint density at radius 2 is 2.16 bits per heavy atom. The van der Waals surface area contributed by atoms with Gasteiger partial charge in [0, 0.05) is 6.20 Å². The zero-order chi connectivity index (χ0) is 14.3. The average Bonchev–Trinajstić information content (AvgIpc) is 2.36. The van der Waals surface area contributed by atoms with Crippen LogP contribution >= 0.6 is 0 Å². The molecular formula is C13H18N2O4. The lowest BCUT2D eigenvalue weighted by Gasteiger charge is -2.16. The van der Waals surface area contributed by atoms with Crippen LogP contribution in [0.2, 0.25) is 0 Å². The van der Waals surface area contributed by atoms with Crippen LogP contribution in [0.4, 0.5) is 4.79 Å². The molecule has 1 atom stereocenters. The number of ether oxygens (including phenoxy) is 1. The van der Waals surface area contributed by atoms with Crippen molar-refractivity contribution >= 4 is 12.1 Å². The predicted octanol–water partition coefficient (Wildman–Crippen LogP) is 1.81. The second-order valence-corrected chi connectivity index (χ2v) is 4.56. The molecule has 0 fully saturated rings. The minimum Gasteiger partial charge on any atom is -0.480 e. The van der Waals surface area contributed by atoms with Crippen molar-refractivity contribution in [2.75, 3.05) is 0 Å². The Hall–Kier alpha value is -2.11. The van der Waals surface area contributed by atoms with E-state index < -0.39 is 18.1 Å². The fourth-order valence-electron chi connectivity index (χ4n) is 1.50. The van der Waals surface area contributed by atoms with Gasteiger partial charge in [0.1, 0.15) is 12.6 Å². The van der Waals surface area contributed by atoms with Crippen LogP contribution in [-0.4, -0.2) is 28.2 Å². The first kappa shape index (κ1) is 14.9. The molecule has 1 heterocycles. The van der Waals surface area contributed by atoms with Gasteiger partial charge in [-0.3, -0.25) is 4.98 Å². The van der Waals surface area contributed by atoms with Gasteiger partial charge >= 0.3 is 12.1 Å². The molecule has 0 saturated carbocycles. The molecule has 104 valence electrons. The topological polar surface area (TPSA) is 88.5 Å². The van der Waals surface area contributed by atoms with Crippen molar-refractivity contribution in [3.63, 3.8) is 0 Å². The van der Waals surface area contributed by atoms with Crippen LogP contribution in [0.3, 0.4) is 0 Å². The van der Waals surface area contributed by atoms with Crippen LogP contribution in [-0.2, 0) is 16.1 Å². The number of aromatic nitrogens is 1. The third-order valence-electron chi connectivity index (χ3n) is 2.37. The summed E-state index contributed by atoms with van der Waals surface area (Å²) in [6.45, 7) is 3.79. The molecule has 0 aliphatic rings. The molecule has 19 heavy (non-hydrogen) atoms. The number of carbonyl (C=O) groups is 2. The zero-order valence-corrected chi connectivity index (χ0v) is 11.0. The summed E-state index contributed by atoms with van der Waals surface area (Å²) in [5.41, 5.74) is 0.605. The highest BCUT2D eigenvalue weighted by atomic mass is 16.5. The van der Waals surface area contributed by atoms with Crippen molar-refractivity contribution in [2.45, 2.75) is 32.9 Å². The fraction of sp³-hybridized carbons (Fsp3) is 0.462. The number of amides is 1. The lowest BCUT2D eigenvalue weighted by atomic mass is 10.0. The van der Waals surface area contributed by atoms with Crippen molar-refractivity contribution in [1.82, 2.24) is 10.3 Å². The minimum atomic E-state index is -1.07. The number of aliphatic carboxylic acids is 1. The quantitative estimate of drug-likeness (QED) is 0.819. The molecule has 1 rings (SSSR count). The van der Waals surface area contributed by atoms with E-state index in [1.807, 2.05) is 13.8 Å². The SMILES string of the molecule is CC(C)CC(NC(=O)OCc1ccccn1)C(=O)O. The monoisotopic (exact) mass is 266 g/mol. The van der Waals surface area contributed by atoms with Gasteiger partial charge < -0.3 is 15.2 Å². The number of nitrogens with zero attached hydrogens (tertiary/aromatic N) is 1. The van der Waals surface area contributed by atoms with Crippen LogP contribution in [0.15, 0.2) is 24.4 Å². The number of hydrogen-bond acceptors (Lipinski definition) is 4. The molecule has 0 aromatic carbocycles. The first-order valence-electron chi connectivity index (χ1n) is 6.05. The van der Waals surface area contributed by atoms with E-state index in [-0.39, 0.29) is 12.5 Å². The van der Waals surface area contributed by atoms with Gasteiger partial charge in [-0.05, 0) is 24.5 Å². The zero-order valence-electron chi connectivity index (χ0n) is 11.0. The van der Waals surface area contributed by atoms with E-state index in [2.05, 4.69) is 10.3 Å². The van der Waals surface area contributed by atoms with Gasteiger partial charge in [0.15, 0.2) is 0 Å². The minimum absolute atomic E-state index is 0.0146. The Bertz CT molecular complexity index is 420. The highest BCUT2D eigenvalue weighted by Crippen LogP contribution is 2.05. The summed E-state index contributed by atoms with van der Waals surface area (Å²) in [6, 6.07) is 4.32. The van der Waals surface area contributed by atoms with E-state index in [1.54, 1.807) is 24.4 Å². The summed E-state index contributed by atoms with van der Waals surface area (Å²) in [6.07, 6.45) is 1.20. The highest BCUT2D eigenvalue weighted by molar-refractivity contribution is 5.79. The molecular weight excluding hydrogens is 248 g/mol. The highest BCUT2D eigenvalue weighted by Gasteiger charge is 2.21. The summed E-state index contributed by atoms with van der Waals surface area (Å²) in [5, 5.41) is 11.3. The first-order chi connectivity index (χ1) is 8.99. The molecule has 0 saturated heterocycles. The predicted molar refractivity (Wildman–Crippen MR) is 68.4 cm³/mol. The Kier molecular flexibility index (Phi) is 5.78. The van der Waals surface area contributed by atoms with Gasteiger partial charge in [-0.15, -0.1) is 0 Å². The molecule has 1 amide bonds. The number of carboxylic acid groups (broad SMARTS) is 1. The molecule has 0 spiro atoms. The number of pyridine rings is 1. The Morgan fingerprint density at radius 3 is 2.68 bits per heavy atom. The summed E-state index contributed by atoms with van der Waals surface area (Å²) in [5.74, 6) is -0.902. The molecule has 1 aromatic rings. The Morgan fingerprint density at radius 1 is 1.42 bits per heavy atom. The number of nitrogens with one attached hydrogen (secondary N) is 1. The molecule has 0 bridgehead atoms. The van der Waals surface area contributed by atoms with E-state index in [0.717, 1.165) is 0 Å². The lowest BCUT2D eigenvalue weighted by molar-refractivity contribution is -0.139. The molecule has 0 aliphatic carbocycles. The van der Waals surface area contributed by atoms with Crippen LogP contribution in [0.5, 0.6) is 0 Å². The van der Waals surface area contributed by atoms with Crippen molar-refractivity contribution in [1.29, 1.82) is 0 Å². The van der Waals surface area contributed by atoms with Crippen molar-refractivity contribution in [3.8, 4) is 0 Å². The molecule has 2 N–H and O–H groups in total. The third kappa shape index (κ3) is 5.85. The average molecular weight is 266 g/mol. The van der Waals surface area contributed by atoms with Gasteiger partial charge in [0.2, 0.25) is 0 Å². The standard InChI is InChI=1S/C13H18N2O4/c1-9(2)7-11(12(16)17)15-13(18)19-8-10-5-3-4-6-14-10/h3-6,9,11H,7-8H2,1-2H3,(H,15,18)(H,16,17). The normalized spacial score (nSPS) is 11.9. The van der Waals surface area contributed by atoms with E-state index in [0.29, 0.717) is 12.1 Å². The molecule has 6 nitrogen and oxygen atoms in total. The summed E-state index contributed by atoms with van der Waals surface area (Å²) >= 11 is 0. The third-order valence-corrected chi connectivity index (χ3v) is 2.37. The fourth-order valence-corrected chi connectivity index (χ4v) is 1.50. The molecule has 1 unspecified atom stereocenters. The van der Waals surface area contributed by atoms with Crippen LogP contribution in [0.25, 0.3) is 0 Å². The summed E-state index contributed by atoms with van der Waals surface area (Å²) in [4.78, 5) is 26.4. The number of alkyl carbamates (subject to hydrolysis) is 1. The molecule has 0 aliphatic heterocycles. The maximum Gasteiger partial charge on any atom is 0.408 e. The number of rotatable bonds is 6. The van der Waals surface area contributed by atoms with Gasteiger partial charge in [-0.2, -0.15) is 0 Å². The largest absolute Gasteiger partial charge is 0.480 e. The van der Waals surface area contributed by atoms with Crippen LogP contribution in [0, 0.1) is 5.92 Å². The van der Waals surface area contributed by atoms with Gasteiger partial charge in [0.05, 0.1) is 5.69 Å². The van der Waals surface area contributed by atoms with Crippen LogP contribution < -0.4 is 5.32 Å². The number of carboxylic acids is 1. The first-order valence-corrected chi connectivity index (χ1v) is 6.05. The number of carbonyl (C=O) groups excluding carboxylic acids is 1. The lowest BCUT2D eigenvalue weighted by Crippen LogP contribution is -2.41. The van der Waals surface area contributed by atoms with Crippen molar-refractivity contribution in [3.05, 3.63) is 30.1 Å². The molecule has 1 aromatic heterocycles. The summed E-state index contributed by atoms with van der Waals surface area (Å²) in [7, 11) is 0. The van der Waals surface area contributed by atoms with E-state index in [9.17, 15) is 9.59 Å². The second kappa shape index (κ2) is 7.35. The van der Waals surface area contributed by atoms with Crippen LogP contribution in [0.1, 0.15) is 26.0 Å². The van der Waals surface area contributed by atoms with Gasteiger partial charge in [0.25, 0.3) is 0 Å². The van der Waals surface area contributed by atoms with Crippen molar-refractivity contribution in [2.24, 2.45) is 5.92 Å².